The van der Waals surface area contributed by atoms with E-state index in [1.54, 1.807) is 12.1 Å². The van der Waals surface area contributed by atoms with E-state index in [9.17, 15) is 31.5 Å². The molecular formula is C27H26ClF5N6O2S4. The van der Waals surface area contributed by atoms with Crippen LogP contribution in [0.1, 0.15) is 19.8 Å². The maximum absolute atomic E-state index is 12.6. The fraction of sp³-hybridized carbons (Fsp3) is 0.333. The van der Waals surface area contributed by atoms with Gasteiger partial charge in [-0.25, -0.2) is 18.7 Å². The summed E-state index contributed by atoms with van der Waals surface area (Å²) in [6.45, 7) is 0.372. The summed E-state index contributed by atoms with van der Waals surface area (Å²) in [4.78, 5) is 31.6. The van der Waals surface area contributed by atoms with Gasteiger partial charge in [-0.05, 0) is 54.3 Å². The summed E-state index contributed by atoms with van der Waals surface area (Å²) < 4.78 is 70.8. The third kappa shape index (κ3) is 14.9. The quantitative estimate of drug-likeness (QED) is 0.108. The fourth-order valence-electron chi connectivity index (χ4n) is 3.08. The van der Waals surface area contributed by atoms with E-state index in [-0.39, 0.29) is 30.4 Å². The number of rotatable bonds is 13. The number of aromatic nitrogens is 4. The minimum Gasteiger partial charge on any atom is -0.355 e. The van der Waals surface area contributed by atoms with Gasteiger partial charge >= 0.3 is 6.18 Å². The van der Waals surface area contributed by atoms with Crippen molar-refractivity contribution in [3.63, 3.8) is 0 Å². The van der Waals surface area contributed by atoms with Gasteiger partial charge in [0.25, 0.3) is 0 Å². The SMILES string of the molecule is CC(F)(F)CCNC(=O)CSc1nc(-c2ccc(Cl)cc2)ns1.O=C(CSc1nc(-c2ccccc2)ns1)NCCC(F)(F)F. The number of alkyl halides is 5. The molecule has 2 aromatic heterocycles. The lowest BCUT2D eigenvalue weighted by atomic mass is 10.2. The molecule has 0 aliphatic carbocycles. The zero-order valence-corrected chi connectivity index (χ0v) is 27.5. The highest BCUT2D eigenvalue weighted by Crippen LogP contribution is 2.27. The highest BCUT2D eigenvalue weighted by molar-refractivity contribution is 8.01. The summed E-state index contributed by atoms with van der Waals surface area (Å²) in [5.74, 6) is -2.25. The van der Waals surface area contributed by atoms with Crippen molar-refractivity contribution in [3.05, 3.63) is 59.6 Å². The zero-order chi connectivity index (χ0) is 32.9. The third-order valence-corrected chi connectivity index (χ3v) is 9.14. The molecule has 4 aromatic rings. The lowest BCUT2D eigenvalue weighted by molar-refractivity contribution is -0.135. The number of amides is 2. The Kier molecular flexibility index (Phi) is 14.4. The maximum atomic E-state index is 12.6. The van der Waals surface area contributed by atoms with Crippen LogP contribution in [0.2, 0.25) is 5.02 Å². The topological polar surface area (TPSA) is 110 Å². The van der Waals surface area contributed by atoms with Crippen LogP contribution in [0.4, 0.5) is 22.0 Å². The first-order valence-corrected chi connectivity index (χ1v) is 16.9. The Morgan fingerprint density at radius 1 is 0.756 bits per heavy atom. The van der Waals surface area contributed by atoms with E-state index in [1.165, 1.54) is 23.3 Å². The molecule has 0 saturated heterocycles. The molecule has 0 atom stereocenters. The highest BCUT2D eigenvalue weighted by Gasteiger charge is 2.26. The van der Waals surface area contributed by atoms with Crippen molar-refractivity contribution in [2.24, 2.45) is 0 Å². The lowest BCUT2D eigenvalue weighted by Crippen LogP contribution is -2.29. The molecule has 8 nitrogen and oxygen atoms in total. The molecule has 45 heavy (non-hydrogen) atoms. The van der Waals surface area contributed by atoms with Crippen molar-refractivity contribution >= 4 is 70.0 Å². The van der Waals surface area contributed by atoms with Crippen molar-refractivity contribution in [1.29, 1.82) is 0 Å². The van der Waals surface area contributed by atoms with Gasteiger partial charge in [-0.1, -0.05) is 65.5 Å². The Morgan fingerprint density at radius 2 is 1.22 bits per heavy atom. The van der Waals surface area contributed by atoms with Gasteiger partial charge in [0.05, 0.1) is 17.9 Å². The molecule has 2 N–H and O–H groups in total. The third-order valence-electron chi connectivity index (χ3n) is 5.22. The first kappa shape index (κ1) is 36.6. The number of benzene rings is 2. The van der Waals surface area contributed by atoms with Gasteiger partial charge < -0.3 is 10.6 Å². The molecule has 0 unspecified atom stereocenters. The van der Waals surface area contributed by atoms with Crippen molar-refractivity contribution < 1.29 is 31.5 Å². The van der Waals surface area contributed by atoms with Crippen molar-refractivity contribution in [3.8, 4) is 22.8 Å². The minimum atomic E-state index is -4.26. The molecule has 0 fully saturated rings. The number of nitrogens with zero attached hydrogens (tertiary/aromatic N) is 4. The fourth-order valence-corrected chi connectivity index (χ4v) is 6.10. The number of carbonyl (C=O) groups excluding carboxylic acids is 2. The number of hydrogen-bond donors (Lipinski definition) is 2. The second-order valence-electron chi connectivity index (χ2n) is 9.10. The molecular weight excluding hydrogens is 699 g/mol. The van der Waals surface area contributed by atoms with Crippen LogP contribution in [-0.2, 0) is 9.59 Å². The van der Waals surface area contributed by atoms with E-state index in [4.69, 9.17) is 11.6 Å². The molecule has 0 saturated carbocycles. The standard InChI is InChI=1S/C14H14ClF2N3OS2.C13H12F3N3OS2/c1-14(16,17)6-7-18-11(21)8-22-13-19-12(20-23-13)9-2-4-10(15)5-3-9;14-13(15,16)6-7-17-10(20)8-21-12-18-11(19-22-12)9-4-2-1-3-5-9/h2-5H,6-8H2,1H3,(H,18,21);1-5H,6-8H2,(H,17,20). The zero-order valence-electron chi connectivity index (χ0n) is 23.4. The summed E-state index contributed by atoms with van der Waals surface area (Å²) in [5.41, 5.74) is 1.72. The predicted molar refractivity (Wildman–Crippen MR) is 169 cm³/mol. The number of thioether (sulfide) groups is 2. The summed E-state index contributed by atoms with van der Waals surface area (Å²) in [6.07, 6.45) is -5.66. The number of carbonyl (C=O) groups is 2. The Hall–Kier alpha value is -2.86. The Bertz CT molecular complexity index is 1500. The van der Waals surface area contributed by atoms with Crippen LogP contribution < -0.4 is 10.6 Å². The normalized spacial score (nSPS) is 11.4. The number of halogens is 6. The molecule has 2 aromatic carbocycles. The van der Waals surface area contributed by atoms with Gasteiger partial charge in [0.2, 0.25) is 17.7 Å². The van der Waals surface area contributed by atoms with E-state index in [2.05, 4.69) is 29.3 Å². The highest BCUT2D eigenvalue weighted by atomic mass is 35.5. The van der Waals surface area contributed by atoms with E-state index in [0.29, 0.717) is 25.4 Å². The average Bonchev–Trinajstić information content (AvgIpc) is 3.65. The van der Waals surface area contributed by atoms with E-state index < -0.39 is 31.0 Å². The van der Waals surface area contributed by atoms with E-state index in [0.717, 1.165) is 41.3 Å². The second-order valence-corrected chi connectivity index (χ2v) is 13.5. The van der Waals surface area contributed by atoms with Gasteiger partial charge in [-0.15, -0.1) is 0 Å². The van der Waals surface area contributed by atoms with Gasteiger partial charge in [0.15, 0.2) is 20.3 Å². The molecule has 18 heteroatoms. The summed E-state index contributed by atoms with van der Waals surface area (Å²) in [5, 5.41) is 5.31. The van der Waals surface area contributed by atoms with Crippen LogP contribution >= 0.6 is 58.2 Å². The molecule has 2 amide bonds. The molecule has 0 aliphatic rings. The van der Waals surface area contributed by atoms with Crippen molar-refractivity contribution in [1.82, 2.24) is 29.3 Å². The average molecular weight is 725 g/mol. The molecule has 0 spiro atoms. The van der Waals surface area contributed by atoms with Crippen molar-refractivity contribution in [2.45, 2.75) is 40.5 Å². The van der Waals surface area contributed by atoms with E-state index >= 15 is 0 Å². The lowest BCUT2D eigenvalue weighted by Gasteiger charge is -2.10. The molecule has 2 heterocycles. The second kappa shape index (κ2) is 17.7. The monoisotopic (exact) mass is 724 g/mol. The summed E-state index contributed by atoms with van der Waals surface area (Å²) in [6, 6.07) is 16.5. The van der Waals surface area contributed by atoms with Crippen LogP contribution in [0.3, 0.4) is 0 Å². The van der Waals surface area contributed by atoms with Crippen molar-refractivity contribution in [2.75, 3.05) is 24.6 Å². The van der Waals surface area contributed by atoms with Gasteiger partial charge in [0, 0.05) is 35.7 Å². The van der Waals surface area contributed by atoms with Crippen LogP contribution in [0, 0.1) is 0 Å². The molecule has 0 bridgehead atoms. The van der Waals surface area contributed by atoms with Crippen LogP contribution in [-0.4, -0.2) is 67.2 Å². The molecule has 242 valence electrons. The summed E-state index contributed by atoms with van der Waals surface area (Å²) >= 11 is 10.5. The first-order valence-electron chi connectivity index (χ1n) is 13.0. The largest absolute Gasteiger partial charge is 0.390 e. The predicted octanol–water partition coefficient (Wildman–Crippen LogP) is 7.48. The molecule has 0 aliphatic heterocycles. The Labute approximate surface area is 277 Å². The molecule has 4 rings (SSSR count). The number of nitrogens with one attached hydrogen (secondary N) is 2. The van der Waals surface area contributed by atoms with Gasteiger partial charge in [0.1, 0.15) is 0 Å². The Morgan fingerprint density at radius 3 is 1.69 bits per heavy atom. The maximum Gasteiger partial charge on any atom is 0.390 e. The van der Waals surface area contributed by atoms with Crippen LogP contribution in [0.5, 0.6) is 0 Å². The molecule has 0 radical (unpaired) electrons. The minimum absolute atomic E-state index is 0.0152. The van der Waals surface area contributed by atoms with Gasteiger partial charge in [-0.3, -0.25) is 9.59 Å². The van der Waals surface area contributed by atoms with Gasteiger partial charge in [-0.2, -0.15) is 21.9 Å². The smallest absolute Gasteiger partial charge is 0.355 e. The first-order chi connectivity index (χ1) is 21.3. The Balaban J connectivity index is 0.000000246. The van der Waals surface area contributed by atoms with E-state index in [1.807, 2.05) is 42.5 Å². The van der Waals surface area contributed by atoms with Crippen LogP contribution in [0.15, 0.2) is 63.3 Å². The summed E-state index contributed by atoms with van der Waals surface area (Å²) in [7, 11) is 0. The number of hydrogen-bond acceptors (Lipinski definition) is 10. The van der Waals surface area contributed by atoms with Crippen LogP contribution in [0.25, 0.3) is 22.8 Å².